The van der Waals surface area contributed by atoms with Crippen molar-refractivity contribution in [3.63, 3.8) is 0 Å². The summed E-state index contributed by atoms with van der Waals surface area (Å²) in [6, 6.07) is 4.27. The first-order valence-corrected chi connectivity index (χ1v) is 8.05. The number of halogens is 9. The summed E-state index contributed by atoms with van der Waals surface area (Å²) in [6.07, 6.45) is -14.4. The van der Waals surface area contributed by atoms with E-state index in [-0.39, 0.29) is 31.2 Å². The van der Waals surface area contributed by atoms with Gasteiger partial charge in [0.05, 0.1) is 0 Å². The highest BCUT2D eigenvalue weighted by Gasteiger charge is 2.44. The highest BCUT2D eigenvalue weighted by atomic mass is 35.5. The van der Waals surface area contributed by atoms with Gasteiger partial charge in [-0.25, -0.2) is 0 Å². The fraction of sp³-hybridized carbons (Fsp3) is 0.625. The van der Waals surface area contributed by atoms with Gasteiger partial charge in [-0.05, 0) is 24.1 Å². The van der Waals surface area contributed by atoms with E-state index >= 15 is 0 Å². The van der Waals surface area contributed by atoms with Crippen LogP contribution in [0.1, 0.15) is 24.4 Å². The van der Waals surface area contributed by atoms with Crippen molar-refractivity contribution >= 4 is 24.8 Å². The molecule has 1 N–H and O–H groups in total. The summed E-state index contributed by atoms with van der Waals surface area (Å²) in [5.74, 6) is -0.514. The molecule has 0 aliphatic carbocycles. The van der Waals surface area contributed by atoms with E-state index in [4.69, 9.17) is 0 Å². The fourth-order valence-electron chi connectivity index (χ4n) is 2.84. The quantitative estimate of drug-likeness (QED) is 0.575. The smallest absolute Gasteiger partial charge is 0.428 e. The van der Waals surface area contributed by atoms with E-state index in [9.17, 15) is 30.7 Å². The number of hydrogen-bond donors (Lipinski definition) is 1. The van der Waals surface area contributed by atoms with Gasteiger partial charge in [0.1, 0.15) is 5.75 Å². The lowest BCUT2D eigenvalue weighted by Gasteiger charge is -2.35. The van der Waals surface area contributed by atoms with Crippen LogP contribution in [0.25, 0.3) is 0 Å². The van der Waals surface area contributed by atoms with Gasteiger partial charge in [0.25, 0.3) is 0 Å². The number of benzene rings is 1. The van der Waals surface area contributed by atoms with Crippen LogP contribution in [0.2, 0.25) is 0 Å². The Kier molecular flexibility index (Phi) is 10.9. The Morgan fingerprint density at radius 2 is 1.64 bits per heavy atom. The Morgan fingerprint density at radius 3 is 2.18 bits per heavy atom. The first-order valence-electron chi connectivity index (χ1n) is 8.05. The van der Waals surface area contributed by atoms with Gasteiger partial charge < -0.3 is 10.1 Å². The molecule has 0 spiro atoms. The van der Waals surface area contributed by atoms with Gasteiger partial charge in [-0.15, -0.1) is 24.8 Å². The minimum absolute atomic E-state index is 0. The number of ether oxygens (including phenoxy) is 1. The summed E-state index contributed by atoms with van der Waals surface area (Å²) in [6.45, 7) is 2.14. The summed E-state index contributed by atoms with van der Waals surface area (Å²) >= 11 is 0. The lowest BCUT2D eigenvalue weighted by atomic mass is 9.99. The number of rotatable bonds is 7. The Balaban J connectivity index is 0.00000364. The Hall–Kier alpha value is -0.970. The normalized spacial score (nSPS) is 16.9. The van der Waals surface area contributed by atoms with Crippen LogP contribution < -0.4 is 10.1 Å². The molecule has 164 valence electrons. The topological polar surface area (TPSA) is 24.5 Å². The van der Waals surface area contributed by atoms with Crippen molar-refractivity contribution in [2.45, 2.75) is 37.6 Å². The summed E-state index contributed by atoms with van der Waals surface area (Å²) in [7, 11) is 0. The Labute approximate surface area is 170 Å². The molecule has 28 heavy (non-hydrogen) atoms. The van der Waals surface area contributed by atoms with E-state index in [2.05, 4.69) is 10.1 Å². The van der Waals surface area contributed by atoms with Crippen molar-refractivity contribution in [3.8, 4) is 5.75 Å². The van der Waals surface area contributed by atoms with Crippen molar-refractivity contribution in [1.82, 2.24) is 10.2 Å². The van der Waals surface area contributed by atoms with Gasteiger partial charge >= 0.3 is 18.7 Å². The van der Waals surface area contributed by atoms with Gasteiger partial charge in [-0.3, -0.25) is 4.90 Å². The molecule has 0 unspecified atom stereocenters. The van der Waals surface area contributed by atoms with Gasteiger partial charge in [-0.1, -0.05) is 12.1 Å². The average molecular weight is 461 g/mol. The first-order chi connectivity index (χ1) is 12.1. The molecule has 1 saturated heterocycles. The van der Waals surface area contributed by atoms with Crippen LogP contribution in [0.15, 0.2) is 24.3 Å². The summed E-state index contributed by atoms with van der Waals surface area (Å²) in [5, 5.41) is 3.08. The highest BCUT2D eigenvalue weighted by molar-refractivity contribution is 5.85. The molecule has 1 aromatic rings. The van der Waals surface area contributed by atoms with Gasteiger partial charge in [0.15, 0.2) is 0 Å². The van der Waals surface area contributed by atoms with Crippen LogP contribution >= 0.6 is 24.8 Å². The third kappa shape index (κ3) is 8.18. The predicted octanol–water partition coefficient (Wildman–Crippen LogP) is 5.06. The molecular formula is C16H21Cl2F7N2O. The first kappa shape index (κ1) is 27.0. The standard InChI is InChI=1S/C16H19F7N2O.2ClH/c17-14(18)16(22,23)26-12-3-1-2-11(10-12)13(4-5-15(19,20)21)25-8-6-24-7-9-25;;/h1-3,10,13-14,24H,4-9H2;2*1H/t13-;;/m0../s1. The Bertz CT molecular complexity index is 584. The molecule has 0 amide bonds. The van der Waals surface area contributed by atoms with Crippen LogP contribution in [-0.2, 0) is 0 Å². The monoisotopic (exact) mass is 460 g/mol. The minimum atomic E-state index is -4.67. The highest BCUT2D eigenvalue weighted by Crippen LogP contribution is 2.34. The summed E-state index contributed by atoms with van der Waals surface area (Å²) in [4.78, 5) is 1.81. The maximum Gasteiger partial charge on any atom is 0.461 e. The molecule has 1 aliphatic heterocycles. The minimum Gasteiger partial charge on any atom is -0.428 e. The third-order valence-corrected chi connectivity index (χ3v) is 4.04. The molecule has 1 aromatic carbocycles. The summed E-state index contributed by atoms with van der Waals surface area (Å²) < 4.78 is 92.7. The van der Waals surface area contributed by atoms with E-state index in [0.29, 0.717) is 31.7 Å². The van der Waals surface area contributed by atoms with Crippen LogP contribution in [0.5, 0.6) is 5.75 Å². The van der Waals surface area contributed by atoms with Crippen molar-refractivity contribution in [1.29, 1.82) is 0 Å². The number of hydrogen-bond acceptors (Lipinski definition) is 3. The molecule has 0 bridgehead atoms. The maximum atomic E-state index is 13.1. The molecule has 0 radical (unpaired) electrons. The zero-order valence-corrected chi connectivity index (χ0v) is 16.2. The van der Waals surface area contributed by atoms with E-state index in [1.54, 1.807) is 0 Å². The van der Waals surface area contributed by atoms with Gasteiger partial charge in [0, 0.05) is 38.6 Å². The van der Waals surface area contributed by atoms with Crippen molar-refractivity contribution in [2.24, 2.45) is 0 Å². The molecule has 3 nitrogen and oxygen atoms in total. The molecule has 1 atom stereocenters. The second kappa shape index (κ2) is 11.3. The zero-order chi connectivity index (χ0) is 19.4. The third-order valence-electron chi connectivity index (χ3n) is 4.04. The van der Waals surface area contributed by atoms with E-state index in [1.165, 1.54) is 12.1 Å². The number of nitrogens with zero attached hydrogens (tertiary/aromatic N) is 1. The van der Waals surface area contributed by atoms with Crippen LogP contribution in [0.4, 0.5) is 30.7 Å². The SMILES string of the molecule is Cl.Cl.FC(F)C(F)(F)Oc1cccc([C@H](CCC(F)(F)F)N2CCNCC2)c1. The maximum absolute atomic E-state index is 13.1. The zero-order valence-electron chi connectivity index (χ0n) is 14.5. The number of piperazine rings is 1. The van der Waals surface area contributed by atoms with Crippen molar-refractivity contribution in [3.05, 3.63) is 29.8 Å². The average Bonchev–Trinajstić information content (AvgIpc) is 2.55. The number of nitrogens with one attached hydrogen (secondary N) is 1. The molecule has 0 aromatic heterocycles. The number of alkyl halides is 7. The van der Waals surface area contributed by atoms with Crippen LogP contribution in [0, 0.1) is 0 Å². The van der Waals surface area contributed by atoms with Crippen molar-refractivity contribution < 1.29 is 35.5 Å². The Morgan fingerprint density at radius 1 is 1.04 bits per heavy atom. The lowest BCUT2D eigenvalue weighted by molar-refractivity contribution is -0.253. The molecule has 2 rings (SSSR count). The molecule has 1 aliphatic rings. The van der Waals surface area contributed by atoms with Crippen molar-refractivity contribution in [2.75, 3.05) is 26.2 Å². The van der Waals surface area contributed by atoms with Crippen LogP contribution in [0.3, 0.4) is 0 Å². The molecule has 0 saturated carbocycles. The molecule has 1 fully saturated rings. The van der Waals surface area contributed by atoms with E-state index in [0.717, 1.165) is 12.1 Å². The molecular weight excluding hydrogens is 440 g/mol. The van der Waals surface area contributed by atoms with Gasteiger partial charge in [-0.2, -0.15) is 30.7 Å². The molecule has 1 heterocycles. The van der Waals surface area contributed by atoms with Crippen LogP contribution in [-0.4, -0.2) is 49.8 Å². The summed E-state index contributed by atoms with van der Waals surface area (Å²) in [5.41, 5.74) is 0.318. The fourth-order valence-corrected chi connectivity index (χ4v) is 2.84. The van der Waals surface area contributed by atoms with E-state index < -0.39 is 36.9 Å². The predicted molar refractivity (Wildman–Crippen MR) is 95.0 cm³/mol. The van der Waals surface area contributed by atoms with E-state index in [1.807, 2.05) is 4.90 Å². The van der Waals surface area contributed by atoms with Gasteiger partial charge in [0.2, 0.25) is 0 Å². The second-order valence-electron chi connectivity index (χ2n) is 5.99. The lowest BCUT2D eigenvalue weighted by Crippen LogP contribution is -2.45. The second-order valence-corrected chi connectivity index (χ2v) is 5.99. The molecule has 12 heteroatoms. The largest absolute Gasteiger partial charge is 0.461 e.